The lowest BCUT2D eigenvalue weighted by atomic mass is 10.2. The fraction of sp³-hybridized carbons (Fsp3) is 0.238. The van der Waals surface area contributed by atoms with Crippen LogP contribution >= 0.6 is 23.1 Å². The molecule has 0 unspecified atom stereocenters. The number of nitriles is 2. The van der Waals surface area contributed by atoms with Crippen LogP contribution in [-0.4, -0.2) is 43.0 Å². The van der Waals surface area contributed by atoms with Gasteiger partial charge in [0.2, 0.25) is 10.0 Å². The van der Waals surface area contributed by atoms with Crippen molar-refractivity contribution in [2.45, 2.75) is 22.6 Å². The maximum absolute atomic E-state index is 12.9. The van der Waals surface area contributed by atoms with Gasteiger partial charge in [-0.15, -0.1) is 11.8 Å². The normalized spacial score (nSPS) is 11.2. The van der Waals surface area contributed by atoms with Gasteiger partial charge in [0.05, 0.1) is 27.3 Å². The number of sulfonamides is 1. The van der Waals surface area contributed by atoms with Crippen molar-refractivity contribution in [3.8, 4) is 12.1 Å². The van der Waals surface area contributed by atoms with E-state index in [0.717, 1.165) is 19.4 Å². The van der Waals surface area contributed by atoms with Crippen LogP contribution in [-0.2, 0) is 10.0 Å². The van der Waals surface area contributed by atoms with Gasteiger partial charge in [0.15, 0.2) is 5.13 Å². The molecular weight excluding hydrogens is 466 g/mol. The summed E-state index contributed by atoms with van der Waals surface area (Å²) in [6.45, 7) is -0.00319. The molecule has 0 spiro atoms. The number of carbonyl (C=O) groups excluding carboxylic acids is 1. The zero-order chi connectivity index (χ0) is 23.1. The molecule has 1 N–H and O–H groups in total. The number of rotatable bonds is 9. The minimum absolute atomic E-state index is 0.00160. The summed E-state index contributed by atoms with van der Waals surface area (Å²) in [5, 5.41) is 20.8. The van der Waals surface area contributed by atoms with Crippen molar-refractivity contribution in [3.05, 3.63) is 48.0 Å². The number of hydrogen-bond donors (Lipinski definition) is 1. The fourth-order valence-corrected chi connectivity index (χ4v) is 5.90. The van der Waals surface area contributed by atoms with Crippen molar-refractivity contribution in [2.75, 3.05) is 24.7 Å². The molecule has 2 aromatic carbocycles. The largest absolute Gasteiger partial charge is 0.298 e. The maximum Gasteiger partial charge on any atom is 0.257 e. The first-order valence-electron chi connectivity index (χ1n) is 9.49. The summed E-state index contributed by atoms with van der Waals surface area (Å²) >= 11 is 2.94. The second-order valence-electron chi connectivity index (χ2n) is 6.52. The number of hydrogen-bond acceptors (Lipinski definition) is 8. The Morgan fingerprint density at radius 3 is 2.38 bits per heavy atom. The number of aromatic nitrogens is 1. The van der Waals surface area contributed by atoms with Gasteiger partial charge in [-0.3, -0.25) is 10.1 Å². The van der Waals surface area contributed by atoms with Crippen LogP contribution in [0.15, 0.2) is 52.3 Å². The molecular formula is C21H19N5O3S3. The van der Waals surface area contributed by atoms with Crippen molar-refractivity contribution in [3.63, 3.8) is 0 Å². The molecule has 0 saturated heterocycles. The molecule has 0 aliphatic rings. The number of para-hydroxylation sites is 1. The maximum atomic E-state index is 12.9. The second-order valence-corrected chi connectivity index (χ2v) is 10.3. The van der Waals surface area contributed by atoms with E-state index in [1.54, 1.807) is 11.8 Å². The Kier molecular flexibility index (Phi) is 7.83. The van der Waals surface area contributed by atoms with Crippen LogP contribution < -0.4 is 5.32 Å². The van der Waals surface area contributed by atoms with Crippen molar-refractivity contribution in [1.82, 2.24) is 9.29 Å². The average Bonchev–Trinajstić information content (AvgIpc) is 3.21. The van der Waals surface area contributed by atoms with Gasteiger partial charge in [0, 0.05) is 36.4 Å². The predicted octanol–water partition coefficient (Wildman–Crippen LogP) is 4.09. The fourth-order valence-electron chi connectivity index (χ4n) is 2.94. The highest BCUT2D eigenvalue weighted by Gasteiger charge is 2.24. The van der Waals surface area contributed by atoms with E-state index in [9.17, 15) is 13.2 Å². The second kappa shape index (κ2) is 10.6. The molecule has 11 heteroatoms. The number of benzene rings is 2. The highest BCUT2D eigenvalue weighted by Crippen LogP contribution is 2.32. The van der Waals surface area contributed by atoms with E-state index < -0.39 is 15.9 Å². The smallest absolute Gasteiger partial charge is 0.257 e. The van der Waals surface area contributed by atoms with Gasteiger partial charge in [-0.2, -0.15) is 14.8 Å². The highest BCUT2D eigenvalue weighted by atomic mass is 32.2. The first kappa shape index (κ1) is 23.7. The molecule has 3 aromatic rings. The van der Waals surface area contributed by atoms with Crippen molar-refractivity contribution in [1.29, 1.82) is 10.5 Å². The Labute approximate surface area is 194 Å². The molecule has 0 atom stereocenters. The Bertz CT molecular complexity index is 1290. The molecule has 1 amide bonds. The number of nitrogens with zero attached hydrogens (tertiary/aromatic N) is 4. The predicted molar refractivity (Wildman–Crippen MR) is 125 cm³/mol. The van der Waals surface area contributed by atoms with Crippen LogP contribution in [0.5, 0.6) is 0 Å². The summed E-state index contributed by atoms with van der Waals surface area (Å²) < 4.78 is 27.8. The lowest BCUT2D eigenvalue weighted by molar-refractivity contribution is 0.102. The number of nitrogens with one attached hydrogen (secondary N) is 1. The lowest BCUT2D eigenvalue weighted by Gasteiger charge is -2.20. The van der Waals surface area contributed by atoms with E-state index in [-0.39, 0.29) is 36.4 Å². The Morgan fingerprint density at radius 1 is 1.12 bits per heavy atom. The van der Waals surface area contributed by atoms with Crippen molar-refractivity contribution < 1.29 is 13.2 Å². The topological polar surface area (TPSA) is 127 Å². The van der Waals surface area contributed by atoms with E-state index >= 15 is 0 Å². The number of amides is 1. The summed E-state index contributed by atoms with van der Waals surface area (Å²) in [6.07, 6.45) is 2.00. The molecule has 0 bridgehead atoms. The average molecular weight is 486 g/mol. The number of anilines is 1. The van der Waals surface area contributed by atoms with Crippen LogP contribution in [0.2, 0.25) is 0 Å². The SMILES string of the molecule is CSc1cccc2sc(NC(=O)c3ccc(S(=O)(=O)N(CCC#N)CCC#N)cc3)nc12. The molecule has 8 nitrogen and oxygen atoms in total. The molecule has 0 radical (unpaired) electrons. The molecule has 0 aliphatic carbocycles. The molecule has 3 rings (SSSR count). The quantitative estimate of drug-likeness (QED) is 0.452. The Balaban J connectivity index is 1.78. The molecule has 164 valence electrons. The standard InChI is InChI=1S/C21H19N5O3S3/c1-30-17-5-2-6-18-19(17)24-21(31-18)25-20(27)15-7-9-16(10-8-15)32(28,29)26(13-3-11-22)14-4-12-23/h2,5-10H,3-4,13-14H2,1H3,(H,24,25,27). The third-order valence-corrected chi connectivity index (χ3v) is 8.14. The van der Waals surface area contributed by atoms with Gasteiger partial charge in [-0.25, -0.2) is 13.4 Å². The van der Waals surface area contributed by atoms with Gasteiger partial charge in [0.1, 0.15) is 0 Å². The summed E-state index contributed by atoms with van der Waals surface area (Å²) in [4.78, 5) is 18.2. The van der Waals surface area contributed by atoms with Crippen molar-refractivity contribution >= 4 is 54.4 Å². The summed E-state index contributed by atoms with van der Waals surface area (Å²) in [6, 6.07) is 15.2. The Morgan fingerprint density at radius 2 is 1.78 bits per heavy atom. The lowest BCUT2D eigenvalue weighted by Crippen LogP contribution is -2.32. The van der Waals surface area contributed by atoms with E-state index in [0.29, 0.717) is 5.13 Å². The van der Waals surface area contributed by atoms with Crippen LogP contribution in [0.3, 0.4) is 0 Å². The van der Waals surface area contributed by atoms with Gasteiger partial charge < -0.3 is 0 Å². The molecule has 1 heterocycles. The first-order valence-corrected chi connectivity index (χ1v) is 13.0. The summed E-state index contributed by atoms with van der Waals surface area (Å²) in [7, 11) is -3.89. The molecule has 0 aliphatic heterocycles. The number of thiazole rings is 1. The molecule has 32 heavy (non-hydrogen) atoms. The zero-order valence-corrected chi connectivity index (χ0v) is 19.6. The van der Waals surface area contributed by atoms with E-state index in [4.69, 9.17) is 10.5 Å². The Hall–Kier alpha value is -2.96. The monoisotopic (exact) mass is 485 g/mol. The van der Waals surface area contributed by atoms with Crippen LogP contribution in [0.25, 0.3) is 10.2 Å². The van der Waals surface area contributed by atoms with E-state index in [1.807, 2.05) is 36.6 Å². The first-order chi connectivity index (χ1) is 15.4. The zero-order valence-electron chi connectivity index (χ0n) is 17.1. The van der Waals surface area contributed by atoms with Gasteiger partial charge in [-0.1, -0.05) is 17.4 Å². The van der Waals surface area contributed by atoms with E-state index in [1.165, 1.54) is 35.6 Å². The minimum atomic E-state index is -3.89. The van der Waals surface area contributed by atoms with Crippen LogP contribution in [0.4, 0.5) is 5.13 Å². The minimum Gasteiger partial charge on any atom is -0.298 e. The third-order valence-electron chi connectivity index (χ3n) is 4.52. The van der Waals surface area contributed by atoms with E-state index in [2.05, 4.69) is 10.3 Å². The molecule has 0 saturated carbocycles. The van der Waals surface area contributed by atoms with Crippen molar-refractivity contribution in [2.24, 2.45) is 0 Å². The van der Waals surface area contributed by atoms with Crippen LogP contribution in [0.1, 0.15) is 23.2 Å². The number of thioether (sulfide) groups is 1. The molecule has 0 fully saturated rings. The highest BCUT2D eigenvalue weighted by molar-refractivity contribution is 7.98. The number of fused-ring (bicyclic) bond motifs is 1. The number of carbonyl (C=O) groups is 1. The molecule has 1 aromatic heterocycles. The van der Waals surface area contributed by atoms with Gasteiger partial charge in [-0.05, 0) is 42.7 Å². The summed E-state index contributed by atoms with van der Waals surface area (Å²) in [5.41, 5.74) is 1.12. The van der Waals surface area contributed by atoms with Gasteiger partial charge in [0.25, 0.3) is 5.91 Å². The van der Waals surface area contributed by atoms with Gasteiger partial charge >= 0.3 is 0 Å². The summed E-state index contributed by atoms with van der Waals surface area (Å²) in [5.74, 6) is -0.399. The van der Waals surface area contributed by atoms with Crippen LogP contribution in [0, 0.1) is 22.7 Å². The third kappa shape index (κ3) is 5.26.